The lowest BCUT2D eigenvalue weighted by atomic mass is 9.81. The van der Waals surface area contributed by atoms with E-state index in [2.05, 4.69) is 28.7 Å². The second-order valence-corrected chi connectivity index (χ2v) is 13.6. The number of aromatic nitrogens is 2. The van der Waals surface area contributed by atoms with E-state index in [0.29, 0.717) is 42.2 Å². The summed E-state index contributed by atoms with van der Waals surface area (Å²) in [6.07, 6.45) is 7.09. The Hall–Kier alpha value is -3.19. The summed E-state index contributed by atoms with van der Waals surface area (Å²) in [6, 6.07) is 1.74. The number of carboxylic acids is 1. The van der Waals surface area contributed by atoms with Crippen molar-refractivity contribution >= 4 is 34.7 Å². The normalized spacial score (nSPS) is 22.8. The quantitative estimate of drug-likeness (QED) is 0.377. The van der Waals surface area contributed by atoms with Crippen LogP contribution in [0.3, 0.4) is 0 Å². The molecule has 4 rings (SSSR count). The molecule has 2 aliphatic carbocycles. The molecule has 2 aliphatic rings. The Morgan fingerprint density at radius 2 is 1.76 bits per heavy atom. The van der Waals surface area contributed by atoms with Crippen LogP contribution in [0.15, 0.2) is 12.3 Å². The molecular weight excluding hydrogens is 543 g/mol. The third-order valence-electron chi connectivity index (χ3n) is 7.74. The largest absolute Gasteiger partial charge is 0.477 e. The predicted octanol–water partition coefficient (Wildman–Crippen LogP) is 6.39. The van der Waals surface area contributed by atoms with Gasteiger partial charge in [0.05, 0.1) is 16.8 Å². The third kappa shape index (κ3) is 7.76. The lowest BCUT2D eigenvalue weighted by molar-refractivity contribution is -0.124. The van der Waals surface area contributed by atoms with Gasteiger partial charge >= 0.3 is 12.0 Å². The van der Waals surface area contributed by atoms with Crippen LogP contribution >= 0.6 is 11.3 Å². The van der Waals surface area contributed by atoms with Gasteiger partial charge in [0.2, 0.25) is 5.91 Å². The number of anilines is 2. The van der Waals surface area contributed by atoms with Crippen molar-refractivity contribution in [3.05, 3.63) is 27.8 Å². The molecular formula is C31H41FN4O4S. The fourth-order valence-corrected chi connectivity index (χ4v) is 6.35. The molecule has 41 heavy (non-hydrogen) atoms. The zero-order valence-electron chi connectivity index (χ0n) is 24.9. The molecule has 222 valence electrons. The van der Waals surface area contributed by atoms with Gasteiger partial charge in [-0.1, -0.05) is 18.8 Å². The van der Waals surface area contributed by atoms with Gasteiger partial charge in [0.15, 0.2) is 11.6 Å². The summed E-state index contributed by atoms with van der Waals surface area (Å²) in [7, 11) is 3.41. The molecule has 0 atom stereocenters. The highest BCUT2D eigenvalue weighted by Gasteiger charge is 2.38. The van der Waals surface area contributed by atoms with Gasteiger partial charge in [-0.05, 0) is 84.1 Å². The average molecular weight is 585 g/mol. The highest BCUT2D eigenvalue weighted by molar-refractivity contribution is 7.15. The number of hydrogen-bond donors (Lipinski definition) is 1. The molecule has 0 unspecified atom stereocenters. The van der Waals surface area contributed by atoms with Crippen LogP contribution in [0.25, 0.3) is 0 Å². The van der Waals surface area contributed by atoms with Gasteiger partial charge in [0.25, 0.3) is 0 Å². The summed E-state index contributed by atoms with van der Waals surface area (Å²) in [4.78, 5) is 38.8. The number of carbonyl (C=O) groups is 2. The van der Waals surface area contributed by atoms with Gasteiger partial charge in [-0.2, -0.15) is 4.98 Å². The van der Waals surface area contributed by atoms with Gasteiger partial charge in [0.1, 0.15) is 11.0 Å². The molecule has 2 aromatic heterocycles. The first-order valence-corrected chi connectivity index (χ1v) is 15.2. The molecule has 2 heterocycles. The first-order chi connectivity index (χ1) is 19.3. The van der Waals surface area contributed by atoms with Crippen molar-refractivity contribution in [3.8, 4) is 17.9 Å². The Labute approximate surface area is 246 Å². The van der Waals surface area contributed by atoms with E-state index >= 15 is 0 Å². The lowest BCUT2D eigenvalue weighted by Gasteiger charge is -2.39. The maximum absolute atomic E-state index is 14.1. The van der Waals surface area contributed by atoms with E-state index in [1.165, 1.54) is 0 Å². The molecule has 0 spiro atoms. The van der Waals surface area contributed by atoms with Crippen LogP contribution in [-0.2, 0) is 4.79 Å². The zero-order chi connectivity index (χ0) is 29.9. The van der Waals surface area contributed by atoms with Crippen molar-refractivity contribution < 1.29 is 23.8 Å². The molecule has 2 aromatic rings. The number of nitrogens with zero attached hydrogens (tertiary/aromatic N) is 4. The summed E-state index contributed by atoms with van der Waals surface area (Å²) in [5, 5.41) is 10.1. The number of halogens is 1. The maximum atomic E-state index is 14.1. The van der Waals surface area contributed by atoms with Gasteiger partial charge < -0.3 is 19.6 Å². The van der Waals surface area contributed by atoms with Crippen molar-refractivity contribution in [1.82, 2.24) is 9.97 Å². The van der Waals surface area contributed by atoms with Crippen molar-refractivity contribution in [2.24, 2.45) is 17.3 Å². The Morgan fingerprint density at radius 1 is 1.10 bits per heavy atom. The molecule has 1 N–H and O–H groups in total. The van der Waals surface area contributed by atoms with E-state index in [4.69, 9.17) is 4.74 Å². The number of thiophene rings is 1. The first-order valence-electron chi connectivity index (χ1n) is 14.4. The lowest BCUT2D eigenvalue weighted by Crippen LogP contribution is -2.47. The molecule has 1 amide bonds. The first kappa shape index (κ1) is 30.8. The standard InChI is InChI=1S/C31H41FN4O4S/c1-19-7-9-20(10-8-19)28(37)36(25-17-23(15-16-31(2,3)4)41-26(25)29(38)39)21-11-13-22(14-12-21)40-30-33-18-24(32)27(34-30)35(5)6/h17-22H,7-14H2,1-6H3,(H,38,39). The number of carboxylic acid groups (broad SMARTS) is 1. The van der Waals surface area contributed by atoms with Crippen molar-refractivity contribution in [1.29, 1.82) is 0 Å². The molecule has 0 aliphatic heterocycles. The number of rotatable bonds is 7. The van der Waals surface area contributed by atoms with E-state index in [1.54, 1.807) is 30.0 Å². The van der Waals surface area contributed by atoms with E-state index in [-0.39, 0.29) is 46.1 Å². The number of carbonyl (C=O) groups excluding carboxylic acids is 1. The Balaban J connectivity index is 1.59. The highest BCUT2D eigenvalue weighted by atomic mass is 32.1. The summed E-state index contributed by atoms with van der Waals surface area (Å²) >= 11 is 1.13. The minimum Gasteiger partial charge on any atom is -0.477 e. The maximum Gasteiger partial charge on any atom is 0.348 e. The minimum atomic E-state index is -1.05. The molecule has 0 aromatic carbocycles. The number of amides is 1. The highest BCUT2D eigenvalue weighted by Crippen LogP contribution is 2.39. The fourth-order valence-electron chi connectivity index (χ4n) is 5.51. The fraction of sp³-hybridized carbons (Fsp3) is 0.613. The smallest absolute Gasteiger partial charge is 0.348 e. The summed E-state index contributed by atoms with van der Waals surface area (Å²) in [6.45, 7) is 8.23. The topological polar surface area (TPSA) is 95.9 Å². The zero-order valence-corrected chi connectivity index (χ0v) is 25.7. The van der Waals surface area contributed by atoms with Crippen LogP contribution < -0.4 is 14.5 Å². The summed E-state index contributed by atoms with van der Waals surface area (Å²) in [5.41, 5.74) is 0.216. The monoisotopic (exact) mass is 584 g/mol. The molecule has 8 nitrogen and oxygen atoms in total. The van der Waals surface area contributed by atoms with E-state index in [9.17, 15) is 19.1 Å². The Kier molecular flexibility index (Phi) is 9.58. The van der Waals surface area contributed by atoms with Gasteiger partial charge in [-0.25, -0.2) is 14.2 Å². The third-order valence-corrected chi connectivity index (χ3v) is 8.77. The minimum absolute atomic E-state index is 0.00870. The van der Waals surface area contributed by atoms with Crippen molar-refractivity contribution in [2.75, 3.05) is 23.9 Å². The van der Waals surface area contributed by atoms with Gasteiger partial charge in [-0.15, -0.1) is 11.3 Å². The number of hydrogen-bond acceptors (Lipinski definition) is 7. The second kappa shape index (κ2) is 12.8. The van der Waals surface area contributed by atoms with Crippen LogP contribution in [0.4, 0.5) is 15.9 Å². The van der Waals surface area contributed by atoms with Crippen LogP contribution in [0.5, 0.6) is 6.01 Å². The van der Waals surface area contributed by atoms with Crippen LogP contribution in [-0.4, -0.2) is 53.2 Å². The van der Waals surface area contributed by atoms with Gasteiger partial charge in [-0.3, -0.25) is 4.79 Å². The molecule has 2 saturated carbocycles. The average Bonchev–Trinajstić information content (AvgIpc) is 3.34. The molecule has 0 radical (unpaired) electrons. The van der Waals surface area contributed by atoms with Gasteiger partial charge in [0, 0.05) is 31.5 Å². The number of aromatic carboxylic acids is 1. The predicted molar refractivity (Wildman–Crippen MR) is 159 cm³/mol. The van der Waals surface area contributed by atoms with Crippen molar-refractivity contribution in [2.45, 2.75) is 91.2 Å². The van der Waals surface area contributed by atoms with E-state index in [1.807, 2.05) is 20.8 Å². The van der Waals surface area contributed by atoms with E-state index < -0.39 is 11.8 Å². The summed E-state index contributed by atoms with van der Waals surface area (Å²) < 4.78 is 20.1. The molecule has 2 fully saturated rings. The SMILES string of the molecule is CC1CCC(C(=O)N(c2cc(C#CC(C)(C)C)sc2C(=O)O)C2CCC(Oc3ncc(F)c(N(C)C)n3)CC2)CC1. The van der Waals surface area contributed by atoms with Crippen LogP contribution in [0.2, 0.25) is 0 Å². The Morgan fingerprint density at radius 3 is 2.34 bits per heavy atom. The summed E-state index contributed by atoms with van der Waals surface area (Å²) in [5.74, 6) is 5.39. The van der Waals surface area contributed by atoms with Crippen molar-refractivity contribution in [3.63, 3.8) is 0 Å². The van der Waals surface area contributed by atoms with E-state index in [0.717, 1.165) is 43.2 Å². The molecule has 0 saturated heterocycles. The number of ether oxygens (including phenoxy) is 1. The Bertz CT molecular complexity index is 1310. The van der Waals surface area contributed by atoms with Crippen LogP contribution in [0.1, 0.15) is 93.6 Å². The molecule has 10 heteroatoms. The van der Waals surface area contributed by atoms with Crippen LogP contribution in [0, 0.1) is 34.9 Å². The molecule has 0 bridgehead atoms. The second-order valence-electron chi connectivity index (χ2n) is 12.6.